The van der Waals surface area contributed by atoms with Crippen molar-refractivity contribution in [3.8, 4) is 0 Å². The normalized spacial score (nSPS) is 20.9. The first-order valence-corrected chi connectivity index (χ1v) is 6.59. The lowest BCUT2D eigenvalue weighted by Crippen LogP contribution is -2.54. The first kappa shape index (κ1) is 12.0. The van der Waals surface area contributed by atoms with Crippen molar-refractivity contribution in [1.29, 1.82) is 0 Å². The molecule has 1 atom stereocenters. The van der Waals surface area contributed by atoms with Crippen LogP contribution in [0, 0.1) is 17.0 Å². The minimum atomic E-state index is -3.72. The second-order valence-electron chi connectivity index (χ2n) is 3.98. The van der Waals surface area contributed by atoms with E-state index in [0.29, 0.717) is 0 Å². The Bertz CT molecular complexity index is 538. The summed E-state index contributed by atoms with van der Waals surface area (Å²) in [6.45, 7) is 2.06. The Balaban J connectivity index is 2.31. The molecule has 1 aliphatic heterocycles. The third-order valence-electron chi connectivity index (χ3n) is 2.81. The van der Waals surface area contributed by atoms with E-state index < -0.39 is 21.1 Å². The van der Waals surface area contributed by atoms with Crippen molar-refractivity contribution in [2.45, 2.75) is 24.4 Å². The summed E-state index contributed by atoms with van der Waals surface area (Å²) in [5.74, 6) is 0. The van der Waals surface area contributed by atoms with Crippen LogP contribution < -0.4 is 0 Å². The first-order valence-electron chi connectivity index (χ1n) is 5.15. The summed E-state index contributed by atoms with van der Waals surface area (Å²) in [6, 6.07) is 6.29. The van der Waals surface area contributed by atoms with Gasteiger partial charge in [-0.15, -0.1) is 4.31 Å². The van der Waals surface area contributed by atoms with Crippen molar-refractivity contribution < 1.29 is 13.3 Å². The standard InChI is InChI=1S/C10H12N2O4S/c1-8-2-4-9(5-3-8)17(15,16)11-7-6-10(11)12(13)14/h2-5,10H,6-7H2,1H3. The van der Waals surface area contributed by atoms with E-state index in [1.165, 1.54) is 12.1 Å². The van der Waals surface area contributed by atoms with E-state index >= 15 is 0 Å². The maximum Gasteiger partial charge on any atom is 0.282 e. The molecule has 0 aromatic heterocycles. The van der Waals surface area contributed by atoms with Gasteiger partial charge in [0.15, 0.2) is 0 Å². The van der Waals surface area contributed by atoms with Crippen LogP contribution in [0.15, 0.2) is 29.2 Å². The summed E-state index contributed by atoms with van der Waals surface area (Å²) < 4.78 is 25.1. The van der Waals surface area contributed by atoms with E-state index in [1.807, 2.05) is 6.92 Å². The zero-order chi connectivity index (χ0) is 12.6. The van der Waals surface area contributed by atoms with Gasteiger partial charge in [0.1, 0.15) is 0 Å². The molecular formula is C10H12N2O4S. The highest BCUT2D eigenvalue weighted by Crippen LogP contribution is 2.27. The molecule has 0 radical (unpaired) electrons. The monoisotopic (exact) mass is 256 g/mol. The number of aryl methyl sites for hydroxylation is 1. The number of sulfonamides is 1. The molecule has 0 bridgehead atoms. The molecule has 1 fully saturated rings. The number of nitrogens with zero attached hydrogens (tertiary/aromatic N) is 2. The average Bonchev–Trinajstić information content (AvgIpc) is 2.14. The molecule has 0 spiro atoms. The molecule has 17 heavy (non-hydrogen) atoms. The lowest BCUT2D eigenvalue weighted by molar-refractivity contribution is -0.558. The first-order chi connectivity index (χ1) is 7.93. The van der Waals surface area contributed by atoms with Crippen LogP contribution in [0.4, 0.5) is 0 Å². The van der Waals surface area contributed by atoms with E-state index in [4.69, 9.17) is 0 Å². The van der Waals surface area contributed by atoms with Crippen LogP contribution in [0.25, 0.3) is 0 Å². The van der Waals surface area contributed by atoms with Gasteiger partial charge < -0.3 is 0 Å². The van der Waals surface area contributed by atoms with E-state index in [1.54, 1.807) is 12.1 Å². The van der Waals surface area contributed by atoms with E-state index in [9.17, 15) is 18.5 Å². The summed E-state index contributed by atoms with van der Waals surface area (Å²) in [5.41, 5.74) is 0.943. The van der Waals surface area contributed by atoms with Gasteiger partial charge in [0, 0.05) is 17.9 Å². The zero-order valence-electron chi connectivity index (χ0n) is 9.24. The van der Waals surface area contributed by atoms with Crippen molar-refractivity contribution in [2.75, 3.05) is 6.54 Å². The Hall–Kier alpha value is -1.47. The largest absolute Gasteiger partial charge is 0.282 e. The summed E-state index contributed by atoms with van der Waals surface area (Å²) in [4.78, 5) is 10.2. The smallest absolute Gasteiger partial charge is 0.263 e. The van der Waals surface area contributed by atoms with Gasteiger partial charge in [-0.3, -0.25) is 10.1 Å². The number of benzene rings is 1. The quantitative estimate of drug-likeness (QED) is 0.596. The molecule has 1 aliphatic rings. The van der Waals surface area contributed by atoms with Crippen LogP contribution >= 0.6 is 0 Å². The van der Waals surface area contributed by atoms with Crippen molar-refractivity contribution in [2.24, 2.45) is 0 Å². The number of rotatable bonds is 3. The zero-order valence-corrected chi connectivity index (χ0v) is 10.1. The maximum absolute atomic E-state index is 12.1. The van der Waals surface area contributed by atoms with E-state index in [0.717, 1.165) is 9.87 Å². The molecule has 1 aromatic rings. The second-order valence-corrected chi connectivity index (χ2v) is 5.87. The topological polar surface area (TPSA) is 80.5 Å². The molecule has 0 aliphatic carbocycles. The van der Waals surface area contributed by atoms with Gasteiger partial charge >= 0.3 is 0 Å². The van der Waals surface area contributed by atoms with Gasteiger partial charge in [-0.25, -0.2) is 8.42 Å². The fourth-order valence-corrected chi connectivity index (χ4v) is 3.29. The summed E-state index contributed by atoms with van der Waals surface area (Å²) in [5, 5.41) is 10.6. The van der Waals surface area contributed by atoms with Gasteiger partial charge in [-0.1, -0.05) is 17.7 Å². The van der Waals surface area contributed by atoms with Crippen molar-refractivity contribution in [1.82, 2.24) is 4.31 Å². The van der Waals surface area contributed by atoms with Crippen LogP contribution in [-0.2, 0) is 10.0 Å². The molecule has 0 saturated carbocycles. The van der Waals surface area contributed by atoms with Gasteiger partial charge in [0.2, 0.25) is 10.0 Å². The van der Waals surface area contributed by atoms with Crippen molar-refractivity contribution >= 4 is 10.0 Å². The molecule has 2 rings (SSSR count). The Kier molecular flexibility index (Phi) is 2.88. The Labute approximate surface area is 99.1 Å². The number of hydrogen-bond donors (Lipinski definition) is 0. The average molecular weight is 256 g/mol. The lowest BCUT2D eigenvalue weighted by atomic mass is 10.2. The molecule has 0 amide bonds. The minimum Gasteiger partial charge on any atom is -0.263 e. The fourth-order valence-electron chi connectivity index (χ4n) is 1.69. The Morgan fingerprint density at radius 2 is 1.94 bits per heavy atom. The van der Waals surface area contributed by atoms with E-state index in [-0.39, 0.29) is 17.9 Å². The third-order valence-corrected chi connectivity index (χ3v) is 4.72. The Morgan fingerprint density at radius 1 is 1.35 bits per heavy atom. The van der Waals surface area contributed by atoms with Crippen molar-refractivity contribution in [3.05, 3.63) is 39.9 Å². The summed E-state index contributed by atoms with van der Waals surface area (Å²) >= 11 is 0. The Morgan fingerprint density at radius 3 is 2.35 bits per heavy atom. The second kappa shape index (κ2) is 4.08. The molecular weight excluding hydrogens is 244 g/mol. The highest BCUT2D eigenvalue weighted by molar-refractivity contribution is 7.89. The predicted octanol–water partition coefficient (Wildman–Crippen LogP) is 0.992. The summed E-state index contributed by atoms with van der Waals surface area (Å²) in [7, 11) is -3.72. The van der Waals surface area contributed by atoms with Crippen LogP contribution in [-0.4, -0.2) is 30.4 Å². The van der Waals surface area contributed by atoms with Gasteiger partial charge in [-0.05, 0) is 19.1 Å². The molecule has 6 nitrogen and oxygen atoms in total. The third kappa shape index (κ3) is 2.03. The fraction of sp³-hybridized carbons (Fsp3) is 0.400. The molecule has 92 valence electrons. The maximum atomic E-state index is 12.1. The van der Waals surface area contributed by atoms with Crippen LogP contribution in [0.2, 0.25) is 0 Å². The number of nitro groups is 1. The van der Waals surface area contributed by atoms with Crippen LogP contribution in [0.3, 0.4) is 0 Å². The number of hydrogen-bond acceptors (Lipinski definition) is 4. The highest BCUT2D eigenvalue weighted by Gasteiger charge is 2.46. The van der Waals surface area contributed by atoms with Crippen molar-refractivity contribution in [3.63, 3.8) is 0 Å². The molecule has 1 heterocycles. The van der Waals surface area contributed by atoms with Gasteiger partial charge in [0.25, 0.3) is 6.17 Å². The lowest BCUT2D eigenvalue weighted by Gasteiger charge is -2.32. The predicted molar refractivity (Wildman–Crippen MR) is 60.5 cm³/mol. The summed E-state index contributed by atoms with van der Waals surface area (Å²) in [6.07, 6.45) is -0.834. The highest BCUT2D eigenvalue weighted by atomic mass is 32.2. The van der Waals surface area contributed by atoms with Gasteiger partial charge in [0.05, 0.1) is 4.90 Å². The van der Waals surface area contributed by atoms with Crippen LogP contribution in [0.5, 0.6) is 0 Å². The van der Waals surface area contributed by atoms with E-state index in [2.05, 4.69) is 0 Å². The van der Waals surface area contributed by atoms with Crippen LogP contribution in [0.1, 0.15) is 12.0 Å². The molecule has 7 heteroatoms. The molecule has 1 aromatic carbocycles. The molecule has 0 N–H and O–H groups in total. The molecule has 1 unspecified atom stereocenters. The molecule has 1 saturated heterocycles. The SMILES string of the molecule is Cc1ccc(S(=O)(=O)N2CCC2[N+](=O)[O-])cc1. The van der Waals surface area contributed by atoms with Gasteiger partial charge in [-0.2, -0.15) is 0 Å². The minimum absolute atomic E-state index is 0.106.